The molecule has 2 atom stereocenters. The minimum Gasteiger partial charge on any atom is -0.544 e. The van der Waals surface area contributed by atoms with Crippen LogP contribution in [-0.2, 0) is 28.6 Å². The topological polar surface area (TPSA) is 102 Å². The van der Waals surface area contributed by atoms with Gasteiger partial charge in [0.2, 0.25) is 0 Å². The van der Waals surface area contributed by atoms with Crippen molar-refractivity contribution in [1.29, 1.82) is 0 Å². The molecule has 358 valence electrons. The summed E-state index contributed by atoms with van der Waals surface area (Å²) in [6.45, 7) is 4.61. The van der Waals surface area contributed by atoms with E-state index in [4.69, 9.17) is 14.2 Å². The van der Waals surface area contributed by atoms with Gasteiger partial charge >= 0.3 is 11.9 Å². The molecule has 0 aromatic heterocycles. The second-order valence-electron chi connectivity index (χ2n) is 18.1. The average Bonchev–Trinajstić information content (AvgIpc) is 3.23. The molecule has 0 fully saturated rings. The van der Waals surface area contributed by atoms with E-state index in [-0.39, 0.29) is 42.7 Å². The number of carbonyl (C=O) groups excluding carboxylic acids is 3. The lowest BCUT2D eigenvalue weighted by Crippen LogP contribution is -2.55. The smallest absolute Gasteiger partial charge is 0.306 e. The van der Waals surface area contributed by atoms with Crippen molar-refractivity contribution < 1.29 is 38.2 Å². The average molecular weight is 870 g/mol. The van der Waals surface area contributed by atoms with E-state index < -0.39 is 18.1 Å². The zero-order chi connectivity index (χ0) is 45.6. The predicted molar refractivity (Wildman–Crippen MR) is 259 cm³/mol. The Morgan fingerprint density at radius 1 is 0.484 bits per heavy atom. The van der Waals surface area contributed by atoms with Gasteiger partial charge in [-0.15, -0.1) is 0 Å². The summed E-state index contributed by atoms with van der Waals surface area (Å²) >= 11 is 0. The lowest BCUT2D eigenvalue weighted by atomic mass is 10.1. The lowest BCUT2D eigenvalue weighted by molar-refractivity contribution is -0.889. The number of carbonyl (C=O) groups is 3. The van der Waals surface area contributed by atoms with Gasteiger partial charge < -0.3 is 28.6 Å². The van der Waals surface area contributed by atoms with Crippen LogP contribution in [0.1, 0.15) is 213 Å². The van der Waals surface area contributed by atoms with Crippen LogP contribution in [0.4, 0.5) is 0 Å². The van der Waals surface area contributed by atoms with Gasteiger partial charge in [-0.25, -0.2) is 0 Å². The molecule has 2 unspecified atom stereocenters. The fraction of sp³-hybridized carbons (Fsp3) is 0.759. The minimum absolute atomic E-state index is 0.0298. The molecular formula is C54H95NO7. The number of quaternary nitrogens is 1. The van der Waals surface area contributed by atoms with Crippen molar-refractivity contribution in [3.05, 3.63) is 60.8 Å². The number of likely N-dealkylation sites (N-methyl/N-ethyl adjacent to an activating group) is 1. The normalized spacial score (nSPS) is 13.4. The van der Waals surface area contributed by atoms with Crippen LogP contribution in [0.25, 0.3) is 0 Å². The molecule has 8 nitrogen and oxygen atoms in total. The maximum atomic E-state index is 12.8. The second-order valence-corrected chi connectivity index (χ2v) is 18.1. The number of carboxylic acid groups (broad SMARTS) is 1. The van der Waals surface area contributed by atoms with Crippen LogP contribution in [0.5, 0.6) is 0 Å². The van der Waals surface area contributed by atoms with Crippen LogP contribution < -0.4 is 5.11 Å². The van der Waals surface area contributed by atoms with Gasteiger partial charge in [-0.05, 0) is 64.2 Å². The number of hydrogen-bond acceptors (Lipinski definition) is 7. The second kappa shape index (κ2) is 44.6. The number of ether oxygens (including phenoxy) is 3. The number of esters is 2. The molecule has 0 aliphatic carbocycles. The van der Waals surface area contributed by atoms with Crippen molar-refractivity contribution in [3.63, 3.8) is 0 Å². The molecule has 0 saturated heterocycles. The molecule has 0 aromatic carbocycles. The van der Waals surface area contributed by atoms with E-state index in [1.54, 1.807) is 21.1 Å². The van der Waals surface area contributed by atoms with E-state index in [9.17, 15) is 19.5 Å². The Hall–Kier alpha value is -2.97. The summed E-state index contributed by atoms with van der Waals surface area (Å²) in [7, 11) is 5.40. The summed E-state index contributed by atoms with van der Waals surface area (Å²) in [4.78, 5) is 37.0. The highest BCUT2D eigenvalue weighted by atomic mass is 16.6. The molecule has 0 amide bonds. The molecule has 62 heavy (non-hydrogen) atoms. The SMILES string of the molecule is CCCCCC/C=C/C=C/CCCCCCCCCCCCC(=O)OCC(COCCC(C(=O)[O-])[N+](C)(C)C)OC(=O)CCCCCCC/C=C/C=C/C=C/CCCCCCC. The Bertz CT molecular complexity index is 1200. The van der Waals surface area contributed by atoms with E-state index in [1.807, 2.05) is 0 Å². The van der Waals surface area contributed by atoms with Crippen LogP contribution >= 0.6 is 0 Å². The predicted octanol–water partition coefficient (Wildman–Crippen LogP) is 13.2. The highest BCUT2D eigenvalue weighted by Crippen LogP contribution is 2.14. The van der Waals surface area contributed by atoms with E-state index in [2.05, 4.69) is 74.6 Å². The van der Waals surface area contributed by atoms with Crippen LogP contribution in [-0.4, -0.2) is 75.5 Å². The molecule has 0 N–H and O–H groups in total. The van der Waals surface area contributed by atoms with Gasteiger partial charge in [0.05, 0.1) is 40.3 Å². The molecule has 0 saturated carbocycles. The third-order valence-corrected chi connectivity index (χ3v) is 11.2. The first-order valence-corrected chi connectivity index (χ1v) is 25.4. The van der Waals surface area contributed by atoms with Gasteiger partial charge in [-0.3, -0.25) is 9.59 Å². The fourth-order valence-electron chi connectivity index (χ4n) is 7.24. The molecule has 0 radical (unpaired) electrons. The molecule has 0 rings (SSSR count). The van der Waals surface area contributed by atoms with Gasteiger partial charge in [0.25, 0.3) is 0 Å². The van der Waals surface area contributed by atoms with Gasteiger partial charge in [-0.1, -0.05) is 190 Å². The van der Waals surface area contributed by atoms with Crippen molar-refractivity contribution in [2.45, 2.75) is 225 Å². The summed E-state index contributed by atoms with van der Waals surface area (Å²) < 4.78 is 17.2. The molecule has 0 heterocycles. The highest BCUT2D eigenvalue weighted by Gasteiger charge is 2.25. The Kier molecular flexibility index (Phi) is 42.5. The summed E-state index contributed by atoms with van der Waals surface area (Å²) in [6, 6.07) is -0.733. The van der Waals surface area contributed by atoms with Gasteiger partial charge in [0.15, 0.2) is 6.10 Å². The molecule has 0 aromatic rings. The standard InChI is InChI=1S/C54H95NO7/c1-6-8-10-12-14-16-18-20-22-24-26-27-29-30-32-34-36-38-40-42-44-52(56)61-49-50(48-60-47-46-51(54(58)59)55(3,4)5)62-53(57)45-43-41-39-37-35-33-31-28-25-23-21-19-17-15-13-11-9-7-2/h16,18-23,25,28,31,50-51H,6-15,17,24,26-27,29-30,32-49H2,1-5H3/b18-16+,21-19+,22-20+,25-23+,31-28+. The molecule has 0 aliphatic rings. The third-order valence-electron chi connectivity index (χ3n) is 11.2. The number of hydrogen-bond donors (Lipinski definition) is 0. The van der Waals surface area contributed by atoms with E-state index in [1.165, 1.54) is 116 Å². The molecule has 0 bridgehead atoms. The summed E-state index contributed by atoms with van der Waals surface area (Å²) in [5.74, 6) is -1.76. The Morgan fingerprint density at radius 3 is 1.27 bits per heavy atom. The number of unbranched alkanes of at least 4 members (excludes halogenated alkanes) is 24. The van der Waals surface area contributed by atoms with Gasteiger partial charge in [-0.2, -0.15) is 0 Å². The van der Waals surface area contributed by atoms with E-state index >= 15 is 0 Å². The number of aliphatic carboxylic acids is 1. The largest absolute Gasteiger partial charge is 0.544 e. The maximum Gasteiger partial charge on any atom is 0.306 e. The quantitative estimate of drug-likeness (QED) is 0.0260. The van der Waals surface area contributed by atoms with Crippen molar-refractivity contribution in [1.82, 2.24) is 0 Å². The van der Waals surface area contributed by atoms with Gasteiger partial charge in [0, 0.05) is 19.3 Å². The van der Waals surface area contributed by atoms with Crippen molar-refractivity contribution in [3.8, 4) is 0 Å². The van der Waals surface area contributed by atoms with Gasteiger partial charge in [0.1, 0.15) is 12.6 Å². The molecular weight excluding hydrogens is 775 g/mol. The van der Waals surface area contributed by atoms with Crippen molar-refractivity contribution in [2.75, 3.05) is 41.0 Å². The Balaban J connectivity index is 4.31. The van der Waals surface area contributed by atoms with E-state index in [0.717, 1.165) is 64.2 Å². The Morgan fingerprint density at radius 2 is 0.855 bits per heavy atom. The summed E-state index contributed by atoms with van der Waals surface area (Å²) in [5.41, 5.74) is 0. The first-order chi connectivity index (χ1) is 30.1. The first kappa shape index (κ1) is 59.0. The van der Waals surface area contributed by atoms with Crippen molar-refractivity contribution in [2.24, 2.45) is 0 Å². The zero-order valence-corrected chi connectivity index (χ0v) is 40.8. The fourth-order valence-corrected chi connectivity index (χ4v) is 7.24. The van der Waals surface area contributed by atoms with Crippen LogP contribution in [0, 0.1) is 0 Å². The zero-order valence-electron chi connectivity index (χ0n) is 40.8. The molecule has 0 spiro atoms. The summed E-state index contributed by atoms with van der Waals surface area (Å²) in [5, 5.41) is 11.7. The number of carboxylic acids is 1. The van der Waals surface area contributed by atoms with Crippen LogP contribution in [0.3, 0.4) is 0 Å². The molecule has 8 heteroatoms. The first-order valence-electron chi connectivity index (χ1n) is 25.4. The minimum atomic E-state index is -1.13. The maximum absolute atomic E-state index is 12.8. The highest BCUT2D eigenvalue weighted by molar-refractivity contribution is 5.70. The molecule has 0 aliphatic heterocycles. The van der Waals surface area contributed by atoms with Crippen LogP contribution in [0.2, 0.25) is 0 Å². The number of rotatable bonds is 45. The Labute approximate surface area is 381 Å². The number of nitrogens with zero attached hydrogens (tertiary/aromatic N) is 1. The third kappa shape index (κ3) is 42.3. The monoisotopic (exact) mass is 870 g/mol. The lowest BCUT2D eigenvalue weighted by Gasteiger charge is -2.34. The van der Waals surface area contributed by atoms with E-state index in [0.29, 0.717) is 12.8 Å². The van der Waals surface area contributed by atoms with Crippen LogP contribution in [0.15, 0.2) is 60.8 Å². The summed E-state index contributed by atoms with van der Waals surface area (Å²) in [6.07, 6.45) is 55.3. The number of allylic oxidation sites excluding steroid dienone is 10. The van der Waals surface area contributed by atoms with Crippen molar-refractivity contribution >= 4 is 17.9 Å².